The predicted octanol–water partition coefficient (Wildman–Crippen LogP) is 11.0. The number of methoxy groups -OCH3 is 1. The predicted molar refractivity (Wildman–Crippen MR) is 217 cm³/mol. The molecule has 0 amide bonds. The molecular weight excluding hydrogens is 677 g/mol. The number of hydrogen-bond acceptors (Lipinski definition) is 7. The minimum atomic E-state index is -2.36. The van der Waals surface area contributed by atoms with Gasteiger partial charge in [-0.1, -0.05) is 94.4 Å². The van der Waals surface area contributed by atoms with Gasteiger partial charge in [0.25, 0.3) is 0 Å². The van der Waals surface area contributed by atoms with Crippen LogP contribution in [-0.4, -0.2) is 73.8 Å². The van der Waals surface area contributed by atoms with Crippen LogP contribution in [-0.2, 0) is 22.8 Å². The summed E-state index contributed by atoms with van der Waals surface area (Å²) in [5, 5.41) is 12.1. The molecule has 7 atom stereocenters. The highest BCUT2D eigenvalue weighted by Gasteiger charge is 2.50. The van der Waals surface area contributed by atoms with Crippen molar-refractivity contribution >= 4 is 25.0 Å². The van der Waals surface area contributed by atoms with Gasteiger partial charge in [0.15, 0.2) is 31.2 Å². The Morgan fingerprint density at radius 2 is 1.24 bits per heavy atom. The SMILES string of the molecule is C=CC(C)(C)[C@@H](O)[C@@H](O[Si](C)(C)C(C)(C)C)[C@H]1C[C@@H](C[C@@H](O[Si](C)(C)C(C)(C)C)[C@@H](C)O[Si](C)(C)C(C)(C)C)O[C@@H](c2ccc(OC)cc2)O1. The standard InChI is InChI=1S/C40H76O7Si3/c1-21-40(12,13)35(41)34(47-50(19,20)39(9,10)11)33-27-31(43-36(44-33)29-22-24-30(42-14)25-23-29)26-32(46-49(17,18)38(6,7)8)28(2)45-48(15,16)37(3,4)5/h21-25,28,31-36,41H,1,26-27H2,2-20H3/t28-,31-,32-,33-,34+,35+,36-/m1/s1. The van der Waals surface area contributed by atoms with Gasteiger partial charge in [0, 0.05) is 23.8 Å². The first-order chi connectivity index (χ1) is 22.4. The monoisotopic (exact) mass is 752 g/mol. The van der Waals surface area contributed by atoms with Crippen LogP contribution in [0.1, 0.15) is 108 Å². The molecule has 7 nitrogen and oxygen atoms in total. The zero-order chi connectivity index (χ0) is 38.9. The van der Waals surface area contributed by atoms with Gasteiger partial charge in [0.05, 0.1) is 43.7 Å². The molecule has 0 aliphatic carbocycles. The van der Waals surface area contributed by atoms with Gasteiger partial charge in [-0.3, -0.25) is 0 Å². The van der Waals surface area contributed by atoms with Crippen LogP contribution in [0.25, 0.3) is 0 Å². The van der Waals surface area contributed by atoms with Crippen LogP contribution in [0.5, 0.6) is 5.75 Å². The highest BCUT2D eigenvalue weighted by molar-refractivity contribution is 6.75. The highest BCUT2D eigenvalue weighted by atomic mass is 28.4. The first-order valence-corrected chi connectivity index (χ1v) is 27.4. The molecule has 10 heteroatoms. The second kappa shape index (κ2) is 16.3. The third kappa shape index (κ3) is 11.3. The molecule has 290 valence electrons. The van der Waals surface area contributed by atoms with E-state index in [4.69, 9.17) is 27.5 Å². The molecule has 1 heterocycles. The molecule has 2 rings (SSSR count). The van der Waals surface area contributed by atoms with E-state index in [0.717, 1.165) is 11.3 Å². The van der Waals surface area contributed by atoms with Gasteiger partial charge in [-0.15, -0.1) is 6.58 Å². The molecule has 1 aliphatic rings. The highest BCUT2D eigenvalue weighted by Crippen LogP contribution is 2.45. The van der Waals surface area contributed by atoms with E-state index < -0.39 is 55.0 Å². The average Bonchev–Trinajstić information content (AvgIpc) is 2.97. The zero-order valence-electron chi connectivity index (χ0n) is 35.4. The number of benzene rings is 1. The third-order valence-corrected chi connectivity index (χ3v) is 25.8. The van der Waals surface area contributed by atoms with Gasteiger partial charge in [-0.05, 0) is 73.5 Å². The van der Waals surface area contributed by atoms with Crippen LogP contribution in [0.3, 0.4) is 0 Å². The topological polar surface area (TPSA) is 75.6 Å². The van der Waals surface area contributed by atoms with Gasteiger partial charge in [-0.25, -0.2) is 0 Å². The number of aliphatic hydroxyl groups excluding tert-OH is 1. The minimum absolute atomic E-state index is 0.0229. The summed E-state index contributed by atoms with van der Waals surface area (Å²) in [6.07, 6.45) is -0.160. The van der Waals surface area contributed by atoms with E-state index in [-0.39, 0.29) is 33.4 Å². The largest absolute Gasteiger partial charge is 0.497 e. The lowest BCUT2D eigenvalue weighted by molar-refractivity contribution is -0.277. The Morgan fingerprint density at radius 3 is 1.68 bits per heavy atom. The van der Waals surface area contributed by atoms with E-state index in [1.165, 1.54) is 0 Å². The third-order valence-electron chi connectivity index (χ3n) is 12.3. The summed E-state index contributed by atoms with van der Waals surface area (Å²) in [5.74, 6) is 0.763. The summed E-state index contributed by atoms with van der Waals surface area (Å²) in [6.45, 7) is 44.3. The van der Waals surface area contributed by atoms with Crippen molar-refractivity contribution in [2.75, 3.05) is 7.11 Å². The fourth-order valence-electron chi connectivity index (χ4n) is 5.29. The summed E-state index contributed by atoms with van der Waals surface area (Å²) < 4.78 is 40.6. The van der Waals surface area contributed by atoms with Crippen molar-refractivity contribution in [3.63, 3.8) is 0 Å². The smallest absolute Gasteiger partial charge is 0.192 e. The molecule has 0 bridgehead atoms. The second-order valence-corrected chi connectivity index (χ2v) is 34.1. The average molecular weight is 753 g/mol. The van der Waals surface area contributed by atoms with Crippen LogP contribution in [0, 0.1) is 5.41 Å². The molecule has 0 saturated carbocycles. The van der Waals surface area contributed by atoms with Crippen molar-refractivity contribution in [3.8, 4) is 5.75 Å². The second-order valence-electron chi connectivity index (χ2n) is 19.8. The van der Waals surface area contributed by atoms with Gasteiger partial charge >= 0.3 is 0 Å². The number of aliphatic hydroxyl groups is 1. The molecule has 1 aromatic carbocycles. The molecule has 0 radical (unpaired) electrons. The summed E-state index contributed by atoms with van der Waals surface area (Å²) in [6, 6.07) is 7.84. The lowest BCUT2D eigenvalue weighted by atomic mass is 9.81. The molecule has 1 aliphatic heterocycles. The van der Waals surface area contributed by atoms with Crippen molar-refractivity contribution in [2.45, 2.75) is 193 Å². The maximum atomic E-state index is 12.1. The molecule has 1 fully saturated rings. The maximum Gasteiger partial charge on any atom is 0.192 e. The molecule has 1 N–H and O–H groups in total. The van der Waals surface area contributed by atoms with Gasteiger partial charge in [-0.2, -0.15) is 0 Å². The molecular formula is C40H76O7Si3. The lowest BCUT2D eigenvalue weighted by Gasteiger charge is -2.49. The Balaban J connectivity index is 2.69. The normalized spacial score (nSPS) is 22.8. The van der Waals surface area contributed by atoms with Crippen LogP contribution in [0.15, 0.2) is 36.9 Å². The first-order valence-electron chi connectivity index (χ1n) is 18.7. The van der Waals surface area contributed by atoms with E-state index in [0.29, 0.717) is 12.8 Å². The molecule has 0 spiro atoms. The summed E-state index contributed by atoms with van der Waals surface area (Å²) >= 11 is 0. The van der Waals surface area contributed by atoms with E-state index in [1.54, 1.807) is 7.11 Å². The van der Waals surface area contributed by atoms with E-state index >= 15 is 0 Å². The van der Waals surface area contributed by atoms with Gasteiger partial charge < -0.3 is 32.6 Å². The number of rotatable bonds is 15. The van der Waals surface area contributed by atoms with Crippen molar-refractivity contribution in [2.24, 2.45) is 5.41 Å². The summed E-state index contributed by atoms with van der Waals surface area (Å²) in [4.78, 5) is 0. The Kier molecular flexibility index (Phi) is 14.7. The van der Waals surface area contributed by atoms with Crippen molar-refractivity contribution in [3.05, 3.63) is 42.5 Å². The summed E-state index contributed by atoms with van der Waals surface area (Å²) in [7, 11) is -5.00. The van der Waals surface area contributed by atoms with Crippen molar-refractivity contribution in [1.82, 2.24) is 0 Å². The van der Waals surface area contributed by atoms with E-state index in [2.05, 4.69) is 115 Å². The van der Waals surface area contributed by atoms with Gasteiger partial charge in [0.1, 0.15) is 5.75 Å². The van der Waals surface area contributed by atoms with E-state index in [1.807, 2.05) is 44.2 Å². The van der Waals surface area contributed by atoms with Crippen molar-refractivity contribution in [1.29, 1.82) is 0 Å². The fraction of sp³-hybridized carbons (Fsp3) is 0.800. The molecule has 0 aromatic heterocycles. The van der Waals surface area contributed by atoms with Gasteiger partial charge in [0.2, 0.25) is 0 Å². The van der Waals surface area contributed by atoms with Crippen LogP contribution in [0.4, 0.5) is 0 Å². The quantitative estimate of drug-likeness (QED) is 0.141. The molecule has 0 unspecified atom stereocenters. The lowest BCUT2D eigenvalue weighted by Crippen LogP contribution is -2.57. The van der Waals surface area contributed by atoms with Crippen LogP contribution >= 0.6 is 0 Å². The number of hydrogen-bond donors (Lipinski definition) is 1. The Labute approximate surface area is 310 Å². The Morgan fingerprint density at radius 1 is 0.780 bits per heavy atom. The molecule has 1 aromatic rings. The van der Waals surface area contributed by atoms with Crippen LogP contribution < -0.4 is 4.74 Å². The Hall–Kier alpha value is -0.829. The fourth-order valence-corrected chi connectivity index (χ4v) is 9.44. The number of ether oxygens (including phenoxy) is 3. The maximum absolute atomic E-state index is 12.1. The Bertz CT molecular complexity index is 1230. The first kappa shape index (κ1) is 45.3. The molecule has 50 heavy (non-hydrogen) atoms. The van der Waals surface area contributed by atoms with Crippen LogP contribution in [0.2, 0.25) is 54.4 Å². The summed E-state index contributed by atoms with van der Waals surface area (Å²) in [5.41, 5.74) is 0.274. The zero-order valence-corrected chi connectivity index (χ0v) is 38.4. The molecule has 1 saturated heterocycles. The van der Waals surface area contributed by atoms with Crippen molar-refractivity contribution < 1.29 is 32.6 Å². The van der Waals surface area contributed by atoms with E-state index in [9.17, 15) is 5.11 Å². The minimum Gasteiger partial charge on any atom is -0.497 e.